The Hall–Kier alpha value is -2.03. The lowest BCUT2D eigenvalue weighted by Crippen LogP contribution is -2.27. The van der Waals surface area contributed by atoms with Gasteiger partial charge in [0, 0.05) is 50.0 Å². The highest BCUT2D eigenvalue weighted by molar-refractivity contribution is 6.18. The van der Waals surface area contributed by atoms with Gasteiger partial charge in [-0.25, -0.2) is 4.98 Å². The van der Waals surface area contributed by atoms with Crippen LogP contribution in [0, 0.1) is 5.41 Å². The van der Waals surface area contributed by atoms with Crippen molar-refractivity contribution >= 4 is 52.3 Å². The maximum absolute atomic E-state index is 10.4. The summed E-state index contributed by atoms with van der Waals surface area (Å²) in [6, 6.07) is 6.59. The van der Waals surface area contributed by atoms with E-state index in [0.29, 0.717) is 24.8 Å². The van der Waals surface area contributed by atoms with Gasteiger partial charge >= 0.3 is 5.97 Å². The summed E-state index contributed by atoms with van der Waals surface area (Å²) in [5, 5.41) is 2.18. The van der Waals surface area contributed by atoms with Gasteiger partial charge in [-0.15, -0.1) is 23.2 Å². The van der Waals surface area contributed by atoms with Crippen LogP contribution in [0.3, 0.4) is 0 Å². The maximum Gasteiger partial charge on any atom is 0.325 e. The Labute approximate surface area is 226 Å². The summed E-state index contributed by atoms with van der Waals surface area (Å²) in [5.41, 5.74) is 9.40. The van der Waals surface area contributed by atoms with E-state index in [-0.39, 0.29) is 18.0 Å². The fourth-order valence-corrected chi connectivity index (χ4v) is 4.28. The van der Waals surface area contributed by atoms with Gasteiger partial charge in [0.15, 0.2) is 0 Å². The molecule has 2 rings (SSSR count). The SMILES string of the molecule is CC.CC(N)CC(C)(C)Cc1nc2cc(N(CCCl)CCCl)ccc2n1C.CCOC(=O)CNC=O. The third kappa shape index (κ3) is 12.3. The first-order chi connectivity index (χ1) is 17.1. The number of nitrogens with two attached hydrogens (primary N) is 1. The van der Waals surface area contributed by atoms with Gasteiger partial charge in [-0.1, -0.05) is 27.7 Å². The summed E-state index contributed by atoms with van der Waals surface area (Å²) in [6.45, 7) is 14.1. The van der Waals surface area contributed by atoms with Gasteiger partial charge in [-0.2, -0.15) is 0 Å². The molecule has 1 aromatic heterocycles. The van der Waals surface area contributed by atoms with Crippen LogP contribution in [0.1, 0.15) is 53.8 Å². The monoisotopic (exact) mass is 545 g/mol. The van der Waals surface area contributed by atoms with E-state index in [1.54, 1.807) is 6.92 Å². The van der Waals surface area contributed by atoms with Crippen LogP contribution in [0.25, 0.3) is 11.0 Å². The standard InChI is InChI=1S/C19H30Cl2N4.C5H9NO3.C2H6/c1-14(22)12-19(2,3)13-18-23-16-11-15(5-6-17(16)24(18)4)25(9-7-20)10-8-21;1-2-9-5(8)3-6-4-7;1-2/h5-6,11,14H,7-10,12-13,22H2,1-4H3;4H,2-3H2,1H3,(H,6,7);1-2H3. The zero-order chi connectivity index (χ0) is 27.7. The third-order valence-electron chi connectivity index (χ3n) is 5.18. The van der Waals surface area contributed by atoms with E-state index < -0.39 is 5.97 Å². The van der Waals surface area contributed by atoms with E-state index in [4.69, 9.17) is 33.9 Å². The average Bonchev–Trinajstić information content (AvgIpc) is 3.12. The van der Waals surface area contributed by atoms with Crippen molar-refractivity contribution in [2.24, 2.45) is 18.2 Å². The Kier molecular flexibility index (Phi) is 17.2. The molecule has 1 heterocycles. The number of amides is 1. The number of benzene rings is 1. The zero-order valence-corrected chi connectivity index (χ0v) is 24.5. The fourth-order valence-electron chi connectivity index (χ4n) is 3.88. The van der Waals surface area contributed by atoms with Crippen molar-refractivity contribution in [2.75, 3.05) is 42.9 Å². The normalized spacial score (nSPS) is 11.5. The van der Waals surface area contributed by atoms with Crippen LogP contribution >= 0.6 is 23.2 Å². The lowest BCUT2D eigenvalue weighted by atomic mass is 9.83. The molecule has 1 amide bonds. The predicted octanol–water partition coefficient (Wildman–Crippen LogP) is 4.49. The van der Waals surface area contributed by atoms with Crippen LogP contribution in [0.4, 0.5) is 5.69 Å². The molecular formula is C26H45Cl2N5O3. The number of fused-ring (bicyclic) bond motifs is 1. The molecule has 1 atom stereocenters. The van der Waals surface area contributed by atoms with Crippen LogP contribution in [0.5, 0.6) is 0 Å². The van der Waals surface area contributed by atoms with Gasteiger partial charge in [-0.3, -0.25) is 9.59 Å². The van der Waals surface area contributed by atoms with Crippen molar-refractivity contribution in [3.8, 4) is 0 Å². The lowest BCUT2D eigenvalue weighted by Gasteiger charge is -2.26. The molecule has 206 valence electrons. The highest BCUT2D eigenvalue weighted by Gasteiger charge is 2.23. The number of carbonyl (C=O) groups excluding carboxylic acids is 2. The number of ether oxygens (including phenoxy) is 1. The molecule has 1 unspecified atom stereocenters. The number of esters is 1. The predicted molar refractivity (Wildman–Crippen MR) is 152 cm³/mol. The van der Waals surface area contributed by atoms with Crippen LogP contribution < -0.4 is 16.0 Å². The Balaban J connectivity index is 0.000000941. The molecule has 0 aliphatic rings. The van der Waals surface area contributed by atoms with Gasteiger partial charge in [0.05, 0.1) is 17.6 Å². The Bertz CT molecular complexity index is 897. The lowest BCUT2D eigenvalue weighted by molar-refractivity contribution is -0.142. The summed E-state index contributed by atoms with van der Waals surface area (Å²) in [5.74, 6) is 1.84. The minimum absolute atomic E-state index is 0.0443. The quantitative estimate of drug-likeness (QED) is 0.218. The van der Waals surface area contributed by atoms with Crippen molar-refractivity contribution < 1.29 is 14.3 Å². The topological polar surface area (TPSA) is 102 Å². The number of aryl methyl sites for hydroxylation is 1. The summed E-state index contributed by atoms with van der Waals surface area (Å²) in [4.78, 5) is 27.1. The Morgan fingerprint density at radius 2 is 1.89 bits per heavy atom. The Morgan fingerprint density at radius 1 is 1.28 bits per heavy atom. The highest BCUT2D eigenvalue weighted by atomic mass is 35.5. The third-order valence-corrected chi connectivity index (χ3v) is 5.52. The molecule has 8 nitrogen and oxygen atoms in total. The number of hydrogen-bond donors (Lipinski definition) is 2. The number of alkyl halides is 2. The van der Waals surface area contributed by atoms with E-state index in [1.165, 1.54) is 0 Å². The molecule has 0 fully saturated rings. The molecule has 0 saturated heterocycles. The van der Waals surface area contributed by atoms with Gasteiger partial charge in [0.1, 0.15) is 12.4 Å². The summed E-state index contributed by atoms with van der Waals surface area (Å²) < 4.78 is 6.67. The largest absolute Gasteiger partial charge is 0.465 e. The molecule has 0 radical (unpaired) electrons. The van der Waals surface area contributed by atoms with E-state index >= 15 is 0 Å². The van der Waals surface area contributed by atoms with Crippen molar-refractivity contribution in [3.63, 3.8) is 0 Å². The second kappa shape index (κ2) is 18.3. The molecule has 3 N–H and O–H groups in total. The number of imidazole rings is 1. The average molecular weight is 547 g/mol. The van der Waals surface area contributed by atoms with Crippen molar-refractivity contribution in [3.05, 3.63) is 24.0 Å². The molecule has 0 bridgehead atoms. The fraction of sp³-hybridized carbons (Fsp3) is 0.654. The van der Waals surface area contributed by atoms with E-state index in [2.05, 4.69) is 65.5 Å². The molecule has 10 heteroatoms. The number of anilines is 1. The molecule has 36 heavy (non-hydrogen) atoms. The number of aromatic nitrogens is 2. The molecule has 2 aromatic rings. The molecule has 0 spiro atoms. The highest BCUT2D eigenvalue weighted by Crippen LogP contribution is 2.29. The zero-order valence-electron chi connectivity index (χ0n) is 22.9. The van der Waals surface area contributed by atoms with E-state index in [1.807, 2.05) is 13.8 Å². The van der Waals surface area contributed by atoms with Crippen LogP contribution in [0.15, 0.2) is 18.2 Å². The first kappa shape index (κ1) is 34.0. The van der Waals surface area contributed by atoms with Crippen molar-refractivity contribution in [1.82, 2.24) is 14.9 Å². The summed E-state index contributed by atoms with van der Waals surface area (Å²) in [7, 11) is 2.08. The van der Waals surface area contributed by atoms with E-state index in [0.717, 1.165) is 48.5 Å². The molecular weight excluding hydrogens is 501 g/mol. The number of nitrogens with one attached hydrogen (secondary N) is 1. The summed E-state index contributed by atoms with van der Waals surface area (Å²) >= 11 is 11.9. The number of carbonyl (C=O) groups is 2. The minimum Gasteiger partial charge on any atom is -0.465 e. The second-order valence-electron chi connectivity index (χ2n) is 8.95. The Morgan fingerprint density at radius 3 is 2.39 bits per heavy atom. The molecule has 0 saturated carbocycles. The number of rotatable bonds is 13. The molecule has 1 aromatic carbocycles. The van der Waals surface area contributed by atoms with E-state index in [9.17, 15) is 9.59 Å². The number of halogens is 2. The maximum atomic E-state index is 10.4. The van der Waals surface area contributed by atoms with Crippen LogP contribution in [-0.4, -0.2) is 66.0 Å². The van der Waals surface area contributed by atoms with Crippen molar-refractivity contribution in [2.45, 2.75) is 60.4 Å². The minimum atomic E-state index is -0.412. The molecule has 0 aliphatic heterocycles. The number of hydrogen-bond acceptors (Lipinski definition) is 6. The second-order valence-corrected chi connectivity index (χ2v) is 9.71. The van der Waals surface area contributed by atoms with Gasteiger partial charge in [-0.05, 0) is 43.9 Å². The molecule has 0 aliphatic carbocycles. The van der Waals surface area contributed by atoms with Crippen LogP contribution in [0.2, 0.25) is 0 Å². The first-order valence-corrected chi connectivity index (χ1v) is 13.6. The first-order valence-electron chi connectivity index (χ1n) is 12.5. The van der Waals surface area contributed by atoms with Crippen molar-refractivity contribution in [1.29, 1.82) is 0 Å². The van der Waals surface area contributed by atoms with Gasteiger partial charge in [0.25, 0.3) is 0 Å². The smallest absolute Gasteiger partial charge is 0.325 e. The summed E-state index contributed by atoms with van der Waals surface area (Å²) in [6.07, 6.45) is 2.33. The van der Waals surface area contributed by atoms with Crippen LogP contribution in [-0.2, 0) is 27.8 Å². The number of nitrogens with zero attached hydrogens (tertiary/aromatic N) is 3. The van der Waals surface area contributed by atoms with Gasteiger partial charge < -0.3 is 25.3 Å². The van der Waals surface area contributed by atoms with Gasteiger partial charge in [0.2, 0.25) is 6.41 Å².